The van der Waals surface area contributed by atoms with E-state index in [1.807, 2.05) is 0 Å². The van der Waals surface area contributed by atoms with Crippen LogP contribution in [-0.4, -0.2) is 25.3 Å². The lowest BCUT2D eigenvalue weighted by atomic mass is 10.0. The third-order valence-electron chi connectivity index (χ3n) is 2.16. The van der Waals surface area contributed by atoms with Gasteiger partial charge in [-0.25, -0.2) is 0 Å². The van der Waals surface area contributed by atoms with Gasteiger partial charge in [0.2, 0.25) is 0 Å². The van der Waals surface area contributed by atoms with Gasteiger partial charge in [-0.15, -0.1) is 0 Å². The van der Waals surface area contributed by atoms with Crippen molar-refractivity contribution in [2.45, 2.75) is 6.42 Å². The number of aliphatic carboxylic acids is 1. The number of benzene rings is 1. The first-order chi connectivity index (χ1) is 7.58. The Morgan fingerprint density at radius 3 is 2.44 bits per heavy atom. The van der Waals surface area contributed by atoms with Crippen LogP contribution in [0.2, 0.25) is 0 Å². The second-order valence-electron chi connectivity index (χ2n) is 3.24. The van der Waals surface area contributed by atoms with Crippen molar-refractivity contribution in [1.29, 1.82) is 0 Å². The monoisotopic (exact) mass is 222 g/mol. The zero-order valence-corrected chi connectivity index (χ0v) is 9.32. The van der Waals surface area contributed by atoms with Crippen molar-refractivity contribution in [3.63, 3.8) is 0 Å². The number of hydrogen-bond donors (Lipinski definition) is 1. The van der Waals surface area contributed by atoms with Crippen molar-refractivity contribution >= 4 is 11.5 Å². The molecule has 0 saturated carbocycles. The fraction of sp³-hybridized carbons (Fsp3) is 0.250. The van der Waals surface area contributed by atoms with Crippen LogP contribution in [0, 0.1) is 0 Å². The molecule has 0 fully saturated rings. The van der Waals surface area contributed by atoms with Crippen LogP contribution in [-0.2, 0) is 4.79 Å². The summed E-state index contributed by atoms with van der Waals surface area (Å²) in [6.07, 6.45) is -0.0878. The van der Waals surface area contributed by atoms with E-state index in [9.17, 15) is 4.79 Å². The molecule has 0 spiro atoms. The molecule has 1 aromatic rings. The number of rotatable bonds is 5. The summed E-state index contributed by atoms with van der Waals surface area (Å²) in [4.78, 5) is 10.5. The molecule has 0 aliphatic rings. The second kappa shape index (κ2) is 5.21. The number of carboxylic acid groups (broad SMARTS) is 1. The maximum atomic E-state index is 10.5. The predicted molar refractivity (Wildman–Crippen MR) is 60.8 cm³/mol. The standard InChI is InChI=1S/C12H14O4/c1-8(6-12(13)14)9-4-5-10(15-2)11(7-9)16-3/h4-5,7H,1,6H2,2-3H3,(H,13,14). The minimum absolute atomic E-state index is 0.0878. The number of hydrogen-bond acceptors (Lipinski definition) is 3. The second-order valence-corrected chi connectivity index (χ2v) is 3.24. The molecule has 1 N–H and O–H groups in total. The van der Waals surface area contributed by atoms with Gasteiger partial charge in [0, 0.05) is 0 Å². The first kappa shape index (κ1) is 12.1. The molecule has 1 aromatic carbocycles. The van der Waals surface area contributed by atoms with Crippen LogP contribution in [0.15, 0.2) is 24.8 Å². The molecule has 0 aliphatic heterocycles. The quantitative estimate of drug-likeness (QED) is 0.829. The van der Waals surface area contributed by atoms with Gasteiger partial charge < -0.3 is 14.6 Å². The van der Waals surface area contributed by atoms with Crippen molar-refractivity contribution in [3.8, 4) is 11.5 Å². The first-order valence-corrected chi connectivity index (χ1v) is 4.70. The van der Waals surface area contributed by atoms with Gasteiger partial charge in [-0.1, -0.05) is 12.6 Å². The highest BCUT2D eigenvalue weighted by Gasteiger charge is 2.08. The van der Waals surface area contributed by atoms with E-state index in [1.165, 1.54) is 7.11 Å². The molecule has 4 heteroatoms. The summed E-state index contributed by atoms with van der Waals surface area (Å²) in [6.45, 7) is 3.72. The van der Waals surface area contributed by atoms with Crippen LogP contribution in [0.3, 0.4) is 0 Å². The molecule has 0 atom stereocenters. The summed E-state index contributed by atoms with van der Waals surface area (Å²) in [7, 11) is 3.07. The van der Waals surface area contributed by atoms with Gasteiger partial charge in [0.25, 0.3) is 0 Å². The topological polar surface area (TPSA) is 55.8 Å². The van der Waals surface area contributed by atoms with Crippen molar-refractivity contribution in [2.24, 2.45) is 0 Å². The van der Waals surface area contributed by atoms with E-state index in [0.717, 1.165) is 5.56 Å². The Bertz CT molecular complexity index is 409. The van der Waals surface area contributed by atoms with Crippen molar-refractivity contribution in [1.82, 2.24) is 0 Å². The molecule has 0 saturated heterocycles. The van der Waals surface area contributed by atoms with E-state index < -0.39 is 5.97 Å². The normalized spacial score (nSPS) is 9.62. The summed E-state index contributed by atoms with van der Waals surface area (Å²) in [5.41, 5.74) is 1.27. The van der Waals surface area contributed by atoms with Crippen LogP contribution in [0.4, 0.5) is 0 Å². The zero-order valence-electron chi connectivity index (χ0n) is 9.32. The van der Waals surface area contributed by atoms with Crippen molar-refractivity contribution in [2.75, 3.05) is 14.2 Å². The minimum Gasteiger partial charge on any atom is -0.493 e. The van der Waals surface area contributed by atoms with Crippen LogP contribution >= 0.6 is 0 Å². The number of carboxylic acids is 1. The van der Waals surface area contributed by atoms with Crippen LogP contribution in [0.5, 0.6) is 11.5 Å². The van der Waals surface area contributed by atoms with Crippen molar-refractivity contribution in [3.05, 3.63) is 30.3 Å². The highest BCUT2D eigenvalue weighted by molar-refractivity contribution is 5.83. The van der Waals surface area contributed by atoms with Gasteiger partial charge in [0.05, 0.1) is 20.6 Å². The maximum Gasteiger partial charge on any atom is 0.307 e. The molecule has 0 bridgehead atoms. The third kappa shape index (κ3) is 2.76. The number of carbonyl (C=O) groups is 1. The Labute approximate surface area is 94.1 Å². The number of ether oxygens (including phenoxy) is 2. The van der Waals surface area contributed by atoms with Gasteiger partial charge in [-0.3, -0.25) is 4.79 Å². The molecule has 0 radical (unpaired) electrons. The third-order valence-corrected chi connectivity index (χ3v) is 2.16. The molecule has 86 valence electrons. The van der Waals surface area contributed by atoms with Gasteiger partial charge in [0.15, 0.2) is 11.5 Å². The maximum absolute atomic E-state index is 10.5. The van der Waals surface area contributed by atoms with E-state index in [0.29, 0.717) is 17.1 Å². The summed E-state index contributed by atoms with van der Waals surface area (Å²) in [5.74, 6) is 0.265. The molecular weight excluding hydrogens is 208 g/mol. The summed E-state index contributed by atoms with van der Waals surface area (Å²) < 4.78 is 10.2. The Morgan fingerprint density at radius 2 is 1.94 bits per heavy atom. The molecule has 0 unspecified atom stereocenters. The molecule has 16 heavy (non-hydrogen) atoms. The lowest BCUT2D eigenvalue weighted by Gasteiger charge is -2.10. The Morgan fingerprint density at radius 1 is 1.31 bits per heavy atom. The summed E-state index contributed by atoms with van der Waals surface area (Å²) in [6, 6.07) is 5.19. The van der Waals surface area contributed by atoms with Crippen LogP contribution < -0.4 is 9.47 Å². The van der Waals surface area contributed by atoms with Crippen LogP contribution in [0.1, 0.15) is 12.0 Å². The van der Waals surface area contributed by atoms with E-state index in [-0.39, 0.29) is 6.42 Å². The molecule has 0 heterocycles. The van der Waals surface area contributed by atoms with Gasteiger partial charge in [0.1, 0.15) is 0 Å². The lowest BCUT2D eigenvalue weighted by molar-refractivity contribution is -0.135. The largest absolute Gasteiger partial charge is 0.493 e. The number of methoxy groups -OCH3 is 2. The summed E-state index contributed by atoms with van der Waals surface area (Å²) in [5, 5.41) is 8.66. The highest BCUT2D eigenvalue weighted by atomic mass is 16.5. The van der Waals surface area contributed by atoms with Gasteiger partial charge in [-0.05, 0) is 23.3 Å². The molecular formula is C12H14O4. The average molecular weight is 222 g/mol. The average Bonchev–Trinajstić information content (AvgIpc) is 2.27. The van der Waals surface area contributed by atoms with Gasteiger partial charge >= 0.3 is 5.97 Å². The fourth-order valence-electron chi connectivity index (χ4n) is 1.34. The molecule has 1 rings (SSSR count). The minimum atomic E-state index is -0.903. The fourth-order valence-corrected chi connectivity index (χ4v) is 1.34. The Balaban J connectivity index is 2.98. The highest BCUT2D eigenvalue weighted by Crippen LogP contribution is 2.30. The Kier molecular flexibility index (Phi) is 3.94. The van der Waals surface area contributed by atoms with Gasteiger partial charge in [-0.2, -0.15) is 0 Å². The SMILES string of the molecule is C=C(CC(=O)O)c1ccc(OC)c(OC)c1. The lowest BCUT2D eigenvalue weighted by Crippen LogP contribution is -1.97. The van der Waals surface area contributed by atoms with Crippen molar-refractivity contribution < 1.29 is 19.4 Å². The van der Waals surface area contributed by atoms with E-state index in [4.69, 9.17) is 14.6 Å². The predicted octanol–water partition coefficient (Wildman–Crippen LogP) is 2.19. The molecule has 0 amide bonds. The Hall–Kier alpha value is -1.97. The van der Waals surface area contributed by atoms with E-state index in [2.05, 4.69) is 6.58 Å². The molecule has 0 aromatic heterocycles. The zero-order chi connectivity index (χ0) is 12.1. The van der Waals surface area contributed by atoms with E-state index in [1.54, 1.807) is 25.3 Å². The molecule has 4 nitrogen and oxygen atoms in total. The van der Waals surface area contributed by atoms with Crippen LogP contribution in [0.25, 0.3) is 5.57 Å². The summed E-state index contributed by atoms with van der Waals surface area (Å²) >= 11 is 0. The van der Waals surface area contributed by atoms with E-state index >= 15 is 0 Å². The smallest absolute Gasteiger partial charge is 0.307 e. The first-order valence-electron chi connectivity index (χ1n) is 4.70. The molecule has 0 aliphatic carbocycles.